The highest BCUT2D eigenvalue weighted by Crippen LogP contribution is 2.39. The number of ether oxygens (including phenoxy) is 2. The molecular formula is C19H14BIO8. The van der Waals surface area contributed by atoms with Crippen LogP contribution in [0, 0.1) is 0 Å². The first kappa shape index (κ1) is 20.8. The van der Waals surface area contributed by atoms with Crippen LogP contribution in [0.2, 0.25) is 0 Å². The van der Waals surface area contributed by atoms with Crippen LogP contribution in [-0.4, -0.2) is 30.0 Å². The normalized spacial score (nSPS) is 10.9. The maximum absolute atomic E-state index is 13.1. The van der Waals surface area contributed by atoms with Gasteiger partial charge < -0.3 is 27.2 Å². The van der Waals surface area contributed by atoms with E-state index in [1.165, 1.54) is 30.3 Å². The standard InChI is InChI=1S/C19H14BIO8/c1-8(2)26-13-6-10(22)7-14-15(13)16(24)18(28-19(20)25)17(27-14)9-3-4-12(29-21)11(23)5-9/h3-8,22-23H,1-2H3. The first-order valence-corrected chi connectivity index (χ1v) is 9.19. The molecular weight excluding hydrogens is 494 g/mol. The number of fused-ring (bicyclic) bond motifs is 1. The monoisotopic (exact) mass is 508 g/mol. The van der Waals surface area contributed by atoms with Crippen molar-refractivity contribution in [2.75, 3.05) is 0 Å². The van der Waals surface area contributed by atoms with Crippen molar-refractivity contribution in [1.29, 1.82) is 0 Å². The summed E-state index contributed by atoms with van der Waals surface area (Å²) in [6.45, 7) is 3.48. The molecule has 0 spiro atoms. The van der Waals surface area contributed by atoms with E-state index in [2.05, 4.69) is 0 Å². The van der Waals surface area contributed by atoms with Crippen LogP contribution in [0.3, 0.4) is 0 Å². The predicted molar refractivity (Wildman–Crippen MR) is 113 cm³/mol. The molecule has 10 heteroatoms. The molecule has 2 radical (unpaired) electrons. The van der Waals surface area contributed by atoms with E-state index in [9.17, 15) is 19.8 Å². The molecule has 0 aliphatic carbocycles. The van der Waals surface area contributed by atoms with E-state index in [-0.39, 0.29) is 51.4 Å². The summed E-state index contributed by atoms with van der Waals surface area (Å²) in [6, 6.07) is 6.67. The molecule has 8 nitrogen and oxygen atoms in total. The van der Waals surface area contributed by atoms with E-state index in [1.807, 2.05) is 0 Å². The minimum atomic E-state index is -1.22. The fourth-order valence-corrected chi connectivity index (χ4v) is 3.08. The SMILES string of the molecule is [B]C(=O)Oc1c(-c2ccc(OI)c(O)c2)oc2cc(O)cc(OC(C)C)c2c1=O. The summed E-state index contributed by atoms with van der Waals surface area (Å²) in [5.74, 6) is -2.06. The Hall–Kier alpha value is -2.89. The van der Waals surface area contributed by atoms with Gasteiger partial charge in [-0.3, -0.25) is 9.59 Å². The zero-order valence-corrected chi connectivity index (χ0v) is 17.4. The predicted octanol–water partition coefficient (Wildman–Crippen LogP) is 4.05. The van der Waals surface area contributed by atoms with E-state index in [4.69, 9.17) is 24.8 Å². The van der Waals surface area contributed by atoms with Gasteiger partial charge in [0.25, 0.3) is 0 Å². The van der Waals surface area contributed by atoms with Gasteiger partial charge in [-0.05, 0) is 32.0 Å². The maximum Gasteiger partial charge on any atom is 0.241 e. The number of halogens is 1. The van der Waals surface area contributed by atoms with E-state index < -0.39 is 17.0 Å². The molecule has 0 aliphatic heterocycles. The molecule has 3 rings (SSSR count). The molecule has 3 aromatic rings. The minimum Gasteiger partial charge on any atom is -0.508 e. The van der Waals surface area contributed by atoms with Crippen LogP contribution < -0.4 is 18.0 Å². The summed E-state index contributed by atoms with van der Waals surface area (Å²) in [5.41, 5.74) is -0.528. The maximum atomic E-state index is 13.1. The molecule has 0 amide bonds. The summed E-state index contributed by atoms with van der Waals surface area (Å²) in [7, 11) is 5.12. The van der Waals surface area contributed by atoms with Crippen LogP contribution in [-0.2, 0) is 0 Å². The Morgan fingerprint density at radius 1 is 1.17 bits per heavy atom. The van der Waals surface area contributed by atoms with Crippen molar-refractivity contribution in [3.63, 3.8) is 0 Å². The Morgan fingerprint density at radius 2 is 1.90 bits per heavy atom. The van der Waals surface area contributed by atoms with Crippen LogP contribution >= 0.6 is 23.0 Å². The largest absolute Gasteiger partial charge is 0.508 e. The Kier molecular flexibility index (Phi) is 5.92. The fourth-order valence-electron chi connectivity index (χ4n) is 2.71. The molecule has 0 fully saturated rings. The summed E-state index contributed by atoms with van der Waals surface area (Å²) in [6.07, 6.45) is -0.308. The first-order chi connectivity index (χ1) is 13.7. The Morgan fingerprint density at radius 3 is 2.48 bits per heavy atom. The quantitative estimate of drug-likeness (QED) is 0.392. The highest BCUT2D eigenvalue weighted by Gasteiger charge is 2.23. The Bertz CT molecular complexity index is 1160. The molecule has 0 aliphatic rings. The lowest BCUT2D eigenvalue weighted by Crippen LogP contribution is -2.16. The topological polar surface area (TPSA) is 115 Å². The molecule has 1 aromatic heterocycles. The Balaban J connectivity index is 2.36. The van der Waals surface area contributed by atoms with Crippen molar-refractivity contribution in [3.05, 3.63) is 40.6 Å². The highest BCUT2D eigenvalue weighted by atomic mass is 127. The van der Waals surface area contributed by atoms with E-state index in [0.717, 1.165) is 0 Å². The van der Waals surface area contributed by atoms with Gasteiger partial charge in [-0.25, -0.2) is 0 Å². The number of carbonyl (C=O) groups is 1. The van der Waals surface area contributed by atoms with Crippen molar-refractivity contribution in [3.8, 4) is 40.1 Å². The zero-order valence-electron chi connectivity index (χ0n) is 15.3. The van der Waals surface area contributed by atoms with Crippen molar-refractivity contribution >= 4 is 47.7 Å². The number of carbonyl (C=O) groups excluding carboxylic acids is 1. The molecule has 148 valence electrons. The average molecular weight is 508 g/mol. The van der Waals surface area contributed by atoms with Crippen LogP contribution in [0.5, 0.6) is 28.7 Å². The van der Waals surface area contributed by atoms with Gasteiger partial charge in [0.2, 0.25) is 24.9 Å². The molecule has 0 atom stereocenters. The van der Waals surface area contributed by atoms with Gasteiger partial charge in [0.1, 0.15) is 22.5 Å². The first-order valence-electron chi connectivity index (χ1n) is 8.31. The van der Waals surface area contributed by atoms with Crippen molar-refractivity contribution in [2.45, 2.75) is 20.0 Å². The molecule has 2 aromatic carbocycles. The van der Waals surface area contributed by atoms with Crippen LogP contribution in [0.1, 0.15) is 13.8 Å². The molecule has 0 saturated carbocycles. The van der Waals surface area contributed by atoms with Gasteiger partial charge in [0, 0.05) is 17.7 Å². The number of hydrogen-bond acceptors (Lipinski definition) is 8. The van der Waals surface area contributed by atoms with E-state index in [0.29, 0.717) is 0 Å². The molecule has 0 saturated heterocycles. The number of phenolic OH excluding ortho intramolecular Hbond substituents is 2. The highest BCUT2D eigenvalue weighted by molar-refractivity contribution is 14.1. The summed E-state index contributed by atoms with van der Waals surface area (Å²) < 4.78 is 21.3. The smallest absolute Gasteiger partial charge is 0.241 e. The summed E-state index contributed by atoms with van der Waals surface area (Å²) >= 11 is 1.60. The second-order valence-electron chi connectivity index (χ2n) is 6.25. The number of aromatic hydroxyl groups is 2. The van der Waals surface area contributed by atoms with Gasteiger partial charge in [-0.2, -0.15) is 0 Å². The summed E-state index contributed by atoms with van der Waals surface area (Å²) in [5, 5.41) is 20.0. The van der Waals surface area contributed by atoms with Crippen molar-refractivity contribution < 1.29 is 32.0 Å². The number of phenols is 2. The average Bonchev–Trinajstić information content (AvgIpc) is 2.62. The second-order valence-corrected chi connectivity index (χ2v) is 6.69. The second kappa shape index (κ2) is 8.23. The molecule has 1 heterocycles. The number of benzene rings is 2. The molecule has 0 bridgehead atoms. The lowest BCUT2D eigenvalue weighted by Gasteiger charge is -2.15. The van der Waals surface area contributed by atoms with Crippen molar-refractivity contribution in [2.24, 2.45) is 0 Å². The summed E-state index contributed by atoms with van der Waals surface area (Å²) in [4.78, 5) is 24.5. The van der Waals surface area contributed by atoms with Crippen LogP contribution in [0.4, 0.5) is 4.79 Å². The molecule has 2 N–H and O–H groups in total. The fraction of sp³-hybridized carbons (Fsp3) is 0.158. The van der Waals surface area contributed by atoms with Crippen LogP contribution in [0.25, 0.3) is 22.3 Å². The Labute approximate surface area is 180 Å². The number of hydrogen-bond donors (Lipinski definition) is 2. The van der Waals surface area contributed by atoms with Gasteiger partial charge in [0.05, 0.1) is 6.10 Å². The third-order valence-electron chi connectivity index (χ3n) is 3.77. The molecule has 29 heavy (non-hydrogen) atoms. The van der Waals surface area contributed by atoms with Gasteiger partial charge >= 0.3 is 0 Å². The third kappa shape index (κ3) is 4.26. The van der Waals surface area contributed by atoms with E-state index in [1.54, 1.807) is 36.9 Å². The molecule has 0 unspecified atom stereocenters. The lowest BCUT2D eigenvalue weighted by atomic mass is 10.1. The number of rotatable bonds is 5. The lowest BCUT2D eigenvalue weighted by molar-refractivity contribution is 0.224. The minimum absolute atomic E-state index is 0.00817. The van der Waals surface area contributed by atoms with Crippen molar-refractivity contribution in [1.82, 2.24) is 0 Å². The zero-order chi connectivity index (χ0) is 21.3. The van der Waals surface area contributed by atoms with Gasteiger partial charge in [-0.1, -0.05) is 0 Å². The van der Waals surface area contributed by atoms with Gasteiger partial charge in [-0.15, -0.1) is 0 Å². The van der Waals surface area contributed by atoms with Gasteiger partial charge in [0.15, 0.2) is 40.3 Å². The van der Waals surface area contributed by atoms with Crippen LogP contribution in [0.15, 0.2) is 39.5 Å². The third-order valence-corrected chi connectivity index (χ3v) is 4.25. The van der Waals surface area contributed by atoms with E-state index >= 15 is 0 Å².